The lowest BCUT2D eigenvalue weighted by Crippen LogP contribution is -2.43. The number of sulfonamides is 1. The molecule has 1 fully saturated rings. The van der Waals surface area contributed by atoms with Crippen molar-refractivity contribution in [1.82, 2.24) is 4.72 Å². The zero-order valence-corrected chi connectivity index (χ0v) is 13.4. The fourth-order valence-corrected chi connectivity index (χ4v) is 5.18. The highest BCUT2D eigenvalue weighted by Gasteiger charge is 2.30. The van der Waals surface area contributed by atoms with Crippen LogP contribution in [0.1, 0.15) is 37.2 Å². The van der Waals surface area contributed by atoms with Crippen LogP contribution in [0.15, 0.2) is 15.4 Å². The highest BCUT2D eigenvalue weighted by Crippen LogP contribution is 2.29. The SMILES string of the molecule is CSC1CCCCC1NS(=O)(=O)c1cc(CO)oc1C. The minimum Gasteiger partial charge on any atom is -0.462 e. The predicted octanol–water partition coefficient (Wildman–Crippen LogP) is 2.03. The normalized spacial score (nSPS) is 23.9. The lowest BCUT2D eigenvalue weighted by atomic mass is 9.96. The Morgan fingerprint density at radius 2 is 2.15 bits per heavy atom. The van der Waals surface area contributed by atoms with Crippen LogP contribution in [0, 0.1) is 6.92 Å². The average Bonchev–Trinajstić information content (AvgIpc) is 2.81. The number of nitrogens with one attached hydrogen (secondary N) is 1. The third-order valence-electron chi connectivity index (χ3n) is 3.68. The molecule has 0 amide bonds. The number of aliphatic hydroxyl groups excluding tert-OH is 1. The van der Waals surface area contributed by atoms with Gasteiger partial charge in [0.1, 0.15) is 23.0 Å². The van der Waals surface area contributed by atoms with Crippen molar-refractivity contribution in [1.29, 1.82) is 0 Å². The Balaban J connectivity index is 2.19. The van der Waals surface area contributed by atoms with Crippen LogP contribution in [0.5, 0.6) is 0 Å². The predicted molar refractivity (Wildman–Crippen MR) is 79.2 cm³/mol. The number of hydrogen-bond donors (Lipinski definition) is 2. The second-order valence-corrected chi connectivity index (χ2v) is 7.84. The van der Waals surface area contributed by atoms with Crippen molar-refractivity contribution in [2.24, 2.45) is 0 Å². The summed E-state index contributed by atoms with van der Waals surface area (Å²) in [6, 6.07) is 1.37. The first-order chi connectivity index (χ1) is 9.47. The molecule has 0 aromatic carbocycles. The molecule has 2 unspecified atom stereocenters. The summed E-state index contributed by atoms with van der Waals surface area (Å²) in [6.07, 6.45) is 6.14. The number of hydrogen-bond acceptors (Lipinski definition) is 5. The number of furan rings is 1. The van der Waals surface area contributed by atoms with Crippen LogP contribution in [-0.4, -0.2) is 31.1 Å². The highest BCUT2D eigenvalue weighted by atomic mass is 32.2. The van der Waals surface area contributed by atoms with Crippen molar-refractivity contribution in [2.45, 2.75) is 55.4 Å². The van der Waals surface area contributed by atoms with Gasteiger partial charge in [0.05, 0.1) is 0 Å². The molecule has 5 nitrogen and oxygen atoms in total. The molecule has 0 radical (unpaired) electrons. The zero-order valence-electron chi connectivity index (χ0n) is 11.8. The van der Waals surface area contributed by atoms with Gasteiger partial charge in [-0.05, 0) is 26.0 Å². The maximum atomic E-state index is 12.4. The maximum Gasteiger partial charge on any atom is 0.244 e. The Morgan fingerprint density at radius 3 is 2.75 bits per heavy atom. The summed E-state index contributed by atoms with van der Waals surface area (Å²) in [5, 5.41) is 9.35. The van der Waals surface area contributed by atoms with Crippen LogP contribution < -0.4 is 4.72 Å². The molecule has 1 aliphatic rings. The Labute approximate surface area is 124 Å². The monoisotopic (exact) mass is 319 g/mol. The minimum absolute atomic E-state index is 0.0318. The number of aliphatic hydroxyl groups is 1. The van der Waals surface area contributed by atoms with E-state index in [0.717, 1.165) is 25.7 Å². The number of aryl methyl sites for hydroxylation is 1. The summed E-state index contributed by atoms with van der Waals surface area (Å²) in [5.41, 5.74) is 0. The van der Waals surface area contributed by atoms with Crippen molar-refractivity contribution in [3.63, 3.8) is 0 Å². The minimum atomic E-state index is -3.59. The van der Waals surface area contributed by atoms with Crippen LogP contribution in [0.2, 0.25) is 0 Å². The molecule has 1 heterocycles. The Morgan fingerprint density at radius 1 is 1.45 bits per heavy atom. The van der Waals surface area contributed by atoms with Gasteiger partial charge in [-0.3, -0.25) is 0 Å². The molecule has 1 saturated carbocycles. The fraction of sp³-hybridized carbons (Fsp3) is 0.692. The van der Waals surface area contributed by atoms with E-state index in [0.29, 0.717) is 11.0 Å². The summed E-state index contributed by atoms with van der Waals surface area (Å²) < 4.78 is 32.9. The zero-order chi connectivity index (χ0) is 14.8. The van der Waals surface area contributed by atoms with Crippen molar-refractivity contribution in [2.75, 3.05) is 6.26 Å². The molecule has 1 aliphatic carbocycles. The average molecular weight is 319 g/mol. The quantitative estimate of drug-likeness (QED) is 0.868. The highest BCUT2D eigenvalue weighted by molar-refractivity contribution is 7.99. The van der Waals surface area contributed by atoms with Gasteiger partial charge in [-0.1, -0.05) is 12.8 Å². The third kappa shape index (κ3) is 3.39. The van der Waals surface area contributed by atoms with Crippen LogP contribution in [0.25, 0.3) is 0 Å². The van der Waals surface area contributed by atoms with Gasteiger partial charge in [-0.2, -0.15) is 11.8 Å². The van der Waals surface area contributed by atoms with Gasteiger partial charge < -0.3 is 9.52 Å². The van der Waals surface area contributed by atoms with Gasteiger partial charge in [0.25, 0.3) is 0 Å². The van der Waals surface area contributed by atoms with Crippen LogP contribution in [-0.2, 0) is 16.6 Å². The van der Waals surface area contributed by atoms with Crippen LogP contribution >= 0.6 is 11.8 Å². The van der Waals surface area contributed by atoms with E-state index in [9.17, 15) is 8.42 Å². The van der Waals surface area contributed by atoms with Crippen molar-refractivity contribution >= 4 is 21.8 Å². The fourth-order valence-electron chi connectivity index (χ4n) is 2.65. The number of rotatable bonds is 5. The second-order valence-electron chi connectivity index (χ2n) is 5.08. The topological polar surface area (TPSA) is 79.5 Å². The van der Waals surface area contributed by atoms with Gasteiger partial charge in [0.15, 0.2) is 0 Å². The summed E-state index contributed by atoms with van der Waals surface area (Å²) in [4.78, 5) is 0.131. The van der Waals surface area contributed by atoms with E-state index < -0.39 is 10.0 Å². The summed E-state index contributed by atoms with van der Waals surface area (Å²) in [7, 11) is -3.59. The van der Waals surface area contributed by atoms with Gasteiger partial charge in [0.2, 0.25) is 10.0 Å². The number of thioether (sulfide) groups is 1. The van der Waals surface area contributed by atoms with E-state index in [1.54, 1.807) is 18.7 Å². The van der Waals surface area contributed by atoms with Crippen LogP contribution in [0.4, 0.5) is 0 Å². The first kappa shape index (κ1) is 15.9. The molecule has 0 saturated heterocycles. The van der Waals surface area contributed by atoms with E-state index in [4.69, 9.17) is 9.52 Å². The molecule has 0 bridgehead atoms. The lowest BCUT2D eigenvalue weighted by Gasteiger charge is -2.30. The molecular weight excluding hydrogens is 298 g/mol. The summed E-state index contributed by atoms with van der Waals surface area (Å²) in [6.45, 7) is 1.30. The third-order valence-corrected chi connectivity index (χ3v) is 6.45. The first-order valence-electron chi connectivity index (χ1n) is 6.73. The van der Waals surface area contributed by atoms with E-state index in [-0.39, 0.29) is 23.3 Å². The Bertz CT molecular complexity index is 553. The molecule has 114 valence electrons. The largest absolute Gasteiger partial charge is 0.462 e. The molecular formula is C13H21NO4S2. The maximum absolute atomic E-state index is 12.4. The molecule has 0 spiro atoms. The van der Waals surface area contributed by atoms with Crippen molar-refractivity contribution in [3.05, 3.63) is 17.6 Å². The molecule has 2 N–H and O–H groups in total. The van der Waals surface area contributed by atoms with E-state index in [1.165, 1.54) is 6.07 Å². The lowest BCUT2D eigenvalue weighted by molar-refractivity contribution is 0.244. The molecule has 20 heavy (non-hydrogen) atoms. The van der Waals surface area contributed by atoms with Gasteiger partial charge in [-0.15, -0.1) is 0 Å². The second kappa shape index (κ2) is 6.51. The first-order valence-corrected chi connectivity index (χ1v) is 9.50. The Hall–Kier alpha value is -0.500. The Kier molecular flexibility index (Phi) is 5.17. The van der Waals surface area contributed by atoms with E-state index >= 15 is 0 Å². The van der Waals surface area contributed by atoms with Gasteiger partial charge in [-0.25, -0.2) is 13.1 Å². The van der Waals surface area contributed by atoms with Crippen molar-refractivity contribution in [3.8, 4) is 0 Å². The molecule has 2 rings (SSSR count). The molecule has 0 aliphatic heterocycles. The standard InChI is InChI=1S/C13H21NO4S2/c1-9-13(7-10(8-15)18-9)20(16,17)14-11-5-3-4-6-12(11)19-2/h7,11-12,14-15H,3-6,8H2,1-2H3. The molecule has 1 aromatic rings. The van der Waals surface area contributed by atoms with Crippen LogP contribution in [0.3, 0.4) is 0 Å². The molecule has 7 heteroatoms. The van der Waals surface area contributed by atoms with E-state index in [1.807, 2.05) is 6.26 Å². The van der Waals surface area contributed by atoms with Gasteiger partial charge >= 0.3 is 0 Å². The summed E-state index contributed by atoms with van der Waals surface area (Å²) in [5.74, 6) is 0.589. The van der Waals surface area contributed by atoms with Gasteiger partial charge in [0, 0.05) is 17.4 Å². The van der Waals surface area contributed by atoms with E-state index in [2.05, 4.69) is 4.72 Å². The smallest absolute Gasteiger partial charge is 0.244 e. The molecule has 1 aromatic heterocycles. The summed E-state index contributed by atoms with van der Waals surface area (Å²) >= 11 is 1.71. The molecule has 2 atom stereocenters. The van der Waals surface area contributed by atoms with Crippen molar-refractivity contribution < 1.29 is 17.9 Å².